The second-order valence-electron chi connectivity index (χ2n) is 10.6. The van der Waals surface area contributed by atoms with Crippen LogP contribution in [0.3, 0.4) is 0 Å². The number of rotatable bonds is 8. The van der Waals surface area contributed by atoms with Crippen molar-refractivity contribution >= 4 is 17.4 Å². The van der Waals surface area contributed by atoms with Crippen LogP contribution in [0.2, 0.25) is 0 Å². The number of halogens is 4. The van der Waals surface area contributed by atoms with Crippen LogP contribution in [0.1, 0.15) is 24.2 Å². The molecular formula is C29H27F4N5O4. The third-order valence-electron chi connectivity index (χ3n) is 6.83. The van der Waals surface area contributed by atoms with E-state index >= 15 is 8.78 Å². The number of benzene rings is 2. The number of nitrogens with one attached hydrogen (secondary N) is 1. The molecule has 1 saturated heterocycles. The van der Waals surface area contributed by atoms with Crippen molar-refractivity contribution in [1.29, 1.82) is 0 Å². The van der Waals surface area contributed by atoms with Gasteiger partial charge in [-0.1, -0.05) is 19.9 Å². The van der Waals surface area contributed by atoms with Gasteiger partial charge in [0.2, 0.25) is 0 Å². The van der Waals surface area contributed by atoms with Crippen LogP contribution in [-0.2, 0) is 7.05 Å². The lowest BCUT2D eigenvalue weighted by atomic mass is 9.84. The molecule has 3 heterocycles. The highest BCUT2D eigenvalue weighted by molar-refractivity contribution is 6.06. The van der Waals surface area contributed by atoms with E-state index in [1.54, 1.807) is 18.2 Å². The summed E-state index contributed by atoms with van der Waals surface area (Å²) in [6.45, 7) is 2.69. The molecule has 1 aliphatic rings. The van der Waals surface area contributed by atoms with E-state index in [0.29, 0.717) is 5.82 Å². The summed E-state index contributed by atoms with van der Waals surface area (Å²) in [7, 11) is 2.66. The quantitative estimate of drug-likeness (QED) is 0.285. The van der Waals surface area contributed by atoms with Gasteiger partial charge in [0, 0.05) is 37.8 Å². The summed E-state index contributed by atoms with van der Waals surface area (Å²) in [5.41, 5.74) is -1.98. The van der Waals surface area contributed by atoms with Crippen molar-refractivity contribution < 1.29 is 31.8 Å². The standard InChI is InChI=1S/C29H27F4N5O4/c1-29(2)14-37(15-29)21-6-5-7-22(34-21)38-27(40)24(35-26(39)16-8-10-17(11-9-16)42-28(32)33)25(36(38)3)23-19(30)12-18(41-4)13-20(23)31/h5-13,28H,14-15H2,1-4H3,(H,35,39). The van der Waals surface area contributed by atoms with E-state index in [2.05, 4.69) is 28.9 Å². The van der Waals surface area contributed by atoms with Gasteiger partial charge >= 0.3 is 6.61 Å². The minimum atomic E-state index is -3.05. The second kappa shape index (κ2) is 10.9. The van der Waals surface area contributed by atoms with Gasteiger partial charge in [-0.2, -0.15) is 13.5 Å². The molecule has 5 rings (SSSR count). The Labute approximate surface area is 237 Å². The van der Waals surface area contributed by atoms with Crippen molar-refractivity contribution in [3.8, 4) is 28.6 Å². The fourth-order valence-electron chi connectivity index (χ4n) is 4.99. The van der Waals surface area contributed by atoms with E-state index in [-0.39, 0.29) is 34.0 Å². The predicted octanol–water partition coefficient (Wildman–Crippen LogP) is 5.22. The van der Waals surface area contributed by atoms with Crippen LogP contribution in [0, 0.1) is 17.0 Å². The van der Waals surface area contributed by atoms with E-state index in [1.807, 2.05) is 4.90 Å². The molecule has 0 saturated carbocycles. The van der Waals surface area contributed by atoms with Gasteiger partial charge in [-0.15, -0.1) is 0 Å². The molecular weight excluding hydrogens is 558 g/mol. The SMILES string of the molecule is COc1cc(F)c(-c2c(NC(=O)c3ccc(OC(F)F)cc3)c(=O)n(-c3cccc(N4CC(C)(C)C4)n3)n2C)c(F)c1. The van der Waals surface area contributed by atoms with Crippen molar-refractivity contribution in [3.05, 3.63) is 82.1 Å². The summed E-state index contributed by atoms with van der Waals surface area (Å²) >= 11 is 0. The Morgan fingerprint density at radius 3 is 2.19 bits per heavy atom. The molecule has 1 aliphatic heterocycles. The minimum Gasteiger partial charge on any atom is -0.497 e. The van der Waals surface area contributed by atoms with Crippen LogP contribution in [0.15, 0.2) is 59.4 Å². The van der Waals surface area contributed by atoms with Gasteiger partial charge in [0.15, 0.2) is 5.82 Å². The summed E-state index contributed by atoms with van der Waals surface area (Å²) in [6, 6.07) is 11.7. The van der Waals surface area contributed by atoms with Gasteiger partial charge in [-0.3, -0.25) is 14.3 Å². The Balaban J connectivity index is 1.62. The molecule has 0 aliphatic carbocycles. The van der Waals surface area contributed by atoms with Crippen molar-refractivity contribution in [2.24, 2.45) is 12.5 Å². The maximum atomic E-state index is 15.3. The first-order chi connectivity index (χ1) is 19.9. The lowest BCUT2D eigenvalue weighted by Crippen LogP contribution is -2.53. The van der Waals surface area contributed by atoms with Crippen molar-refractivity contribution in [1.82, 2.24) is 14.3 Å². The van der Waals surface area contributed by atoms with Crippen LogP contribution >= 0.6 is 0 Å². The van der Waals surface area contributed by atoms with E-state index < -0.39 is 41.0 Å². The fourth-order valence-corrected chi connectivity index (χ4v) is 4.99. The molecule has 0 atom stereocenters. The summed E-state index contributed by atoms with van der Waals surface area (Å²) in [6.07, 6.45) is 0. The summed E-state index contributed by atoms with van der Waals surface area (Å²) < 4.78 is 67.3. The smallest absolute Gasteiger partial charge is 0.387 e. The van der Waals surface area contributed by atoms with E-state index in [0.717, 1.165) is 42.0 Å². The first-order valence-corrected chi connectivity index (χ1v) is 12.8. The summed E-state index contributed by atoms with van der Waals surface area (Å²) in [5, 5.41) is 2.45. The Bertz CT molecular complexity index is 1690. The lowest BCUT2D eigenvalue weighted by molar-refractivity contribution is -0.0498. The number of hydrogen-bond acceptors (Lipinski definition) is 6. The van der Waals surface area contributed by atoms with Crippen LogP contribution in [0.5, 0.6) is 11.5 Å². The number of alkyl halides is 2. The third kappa shape index (κ3) is 5.41. The largest absolute Gasteiger partial charge is 0.497 e. The molecule has 42 heavy (non-hydrogen) atoms. The zero-order valence-electron chi connectivity index (χ0n) is 23.1. The maximum Gasteiger partial charge on any atom is 0.387 e. The van der Waals surface area contributed by atoms with Crippen molar-refractivity contribution in [2.75, 3.05) is 30.4 Å². The van der Waals surface area contributed by atoms with Gasteiger partial charge < -0.3 is 19.7 Å². The van der Waals surface area contributed by atoms with Crippen LogP contribution < -0.4 is 25.2 Å². The zero-order chi connectivity index (χ0) is 30.3. The van der Waals surface area contributed by atoms with Gasteiger partial charge in [0.25, 0.3) is 11.5 Å². The van der Waals surface area contributed by atoms with E-state index in [1.165, 1.54) is 31.0 Å². The number of ether oxygens (including phenoxy) is 2. The Hall–Kier alpha value is -4.81. The van der Waals surface area contributed by atoms with Crippen molar-refractivity contribution in [2.45, 2.75) is 20.5 Å². The molecule has 1 N–H and O–H groups in total. The number of carbonyl (C=O) groups excluding carboxylic acids is 1. The number of methoxy groups -OCH3 is 1. The average molecular weight is 586 g/mol. The van der Waals surface area contributed by atoms with Crippen LogP contribution in [0.25, 0.3) is 17.1 Å². The Morgan fingerprint density at radius 2 is 1.62 bits per heavy atom. The number of nitrogens with zero attached hydrogens (tertiary/aromatic N) is 4. The Kier molecular flexibility index (Phi) is 7.43. The zero-order valence-corrected chi connectivity index (χ0v) is 23.1. The van der Waals surface area contributed by atoms with Gasteiger partial charge in [0.05, 0.1) is 12.7 Å². The number of amides is 1. The van der Waals surface area contributed by atoms with Crippen LogP contribution in [0.4, 0.5) is 29.1 Å². The third-order valence-corrected chi connectivity index (χ3v) is 6.83. The molecule has 0 spiro atoms. The average Bonchev–Trinajstić information content (AvgIpc) is 3.15. The first kappa shape index (κ1) is 28.7. The molecule has 0 radical (unpaired) electrons. The molecule has 0 bridgehead atoms. The highest BCUT2D eigenvalue weighted by Gasteiger charge is 2.35. The number of carbonyl (C=O) groups is 1. The lowest BCUT2D eigenvalue weighted by Gasteiger charge is -2.46. The normalized spacial score (nSPS) is 14.1. The van der Waals surface area contributed by atoms with Gasteiger partial charge in [0.1, 0.15) is 40.3 Å². The number of anilines is 2. The molecule has 220 valence electrons. The van der Waals surface area contributed by atoms with Gasteiger partial charge in [-0.05, 0) is 41.8 Å². The first-order valence-electron chi connectivity index (χ1n) is 12.8. The Morgan fingerprint density at radius 1 is 1.00 bits per heavy atom. The maximum absolute atomic E-state index is 15.3. The fraction of sp³-hybridized carbons (Fsp3) is 0.276. The molecule has 13 heteroatoms. The molecule has 1 amide bonds. The molecule has 4 aromatic rings. The molecule has 9 nitrogen and oxygen atoms in total. The summed E-state index contributed by atoms with van der Waals surface area (Å²) in [4.78, 5) is 33.7. The topological polar surface area (TPSA) is 90.6 Å². The van der Waals surface area contributed by atoms with E-state index in [9.17, 15) is 18.4 Å². The predicted molar refractivity (Wildman–Crippen MR) is 148 cm³/mol. The van der Waals surface area contributed by atoms with E-state index in [4.69, 9.17) is 4.74 Å². The molecule has 1 fully saturated rings. The number of aromatic nitrogens is 3. The highest BCUT2D eigenvalue weighted by atomic mass is 19.3. The molecule has 0 unspecified atom stereocenters. The second-order valence-corrected chi connectivity index (χ2v) is 10.6. The van der Waals surface area contributed by atoms with Crippen molar-refractivity contribution in [3.63, 3.8) is 0 Å². The number of hydrogen-bond donors (Lipinski definition) is 1. The van der Waals surface area contributed by atoms with Crippen LogP contribution in [-0.4, -0.2) is 47.1 Å². The highest BCUT2D eigenvalue weighted by Crippen LogP contribution is 2.35. The number of pyridine rings is 1. The van der Waals surface area contributed by atoms with Gasteiger partial charge in [-0.25, -0.2) is 13.8 Å². The molecule has 2 aromatic carbocycles. The summed E-state index contributed by atoms with van der Waals surface area (Å²) in [5.74, 6) is -2.38. The monoisotopic (exact) mass is 585 g/mol. The minimum absolute atomic E-state index is 0.0198. The molecule has 2 aromatic heterocycles.